The Morgan fingerprint density at radius 3 is 2.25 bits per heavy atom. The Kier molecular flexibility index (Phi) is 5.02. The number of nitrogens with zero attached hydrogens (tertiary/aromatic N) is 1. The number of aromatic nitrogens is 1. The lowest BCUT2D eigenvalue weighted by Gasteiger charge is -2.05. The van der Waals surface area contributed by atoms with Gasteiger partial charge in [0.05, 0.1) is 6.54 Å². The van der Waals surface area contributed by atoms with Gasteiger partial charge in [0.2, 0.25) is 0 Å². The Balaban J connectivity index is 1.43. The maximum Gasteiger partial charge on any atom is 0.251 e. The summed E-state index contributed by atoms with van der Waals surface area (Å²) in [7, 11) is 0. The van der Waals surface area contributed by atoms with Crippen molar-refractivity contribution in [1.82, 2.24) is 10.5 Å². The van der Waals surface area contributed by atoms with Gasteiger partial charge in [-0.05, 0) is 29.7 Å². The van der Waals surface area contributed by atoms with Crippen LogP contribution in [-0.4, -0.2) is 11.1 Å². The lowest BCUT2D eigenvalue weighted by molar-refractivity contribution is 0.0949. The Labute approximate surface area is 163 Å². The molecule has 0 saturated heterocycles. The highest BCUT2D eigenvalue weighted by molar-refractivity contribution is 5.95. The second kappa shape index (κ2) is 7.92. The number of carbonyl (C=O) groups is 1. The molecular weight excluding hydrogens is 348 g/mol. The SMILES string of the molecule is Cc1ccccc1C(=O)NCc1cc(-c2ccc(-c3ccccc3)cc2)on1. The number of aryl methyl sites for hydroxylation is 1. The molecule has 1 amide bonds. The summed E-state index contributed by atoms with van der Waals surface area (Å²) in [5.41, 5.74) is 5.57. The molecule has 3 aromatic carbocycles. The monoisotopic (exact) mass is 368 g/mol. The predicted molar refractivity (Wildman–Crippen MR) is 110 cm³/mol. The van der Waals surface area contributed by atoms with Gasteiger partial charge >= 0.3 is 0 Å². The van der Waals surface area contributed by atoms with Crippen molar-refractivity contribution in [2.24, 2.45) is 0 Å². The highest BCUT2D eigenvalue weighted by Crippen LogP contribution is 2.25. The molecule has 0 spiro atoms. The summed E-state index contributed by atoms with van der Waals surface area (Å²) in [6.45, 7) is 2.24. The number of hydrogen-bond donors (Lipinski definition) is 1. The van der Waals surface area contributed by atoms with Crippen molar-refractivity contribution in [2.45, 2.75) is 13.5 Å². The molecule has 0 aliphatic heterocycles. The van der Waals surface area contributed by atoms with Gasteiger partial charge in [0, 0.05) is 17.2 Å². The van der Waals surface area contributed by atoms with Crippen molar-refractivity contribution in [3.63, 3.8) is 0 Å². The predicted octanol–water partition coefficient (Wildman–Crippen LogP) is 5.25. The summed E-state index contributed by atoms with van der Waals surface area (Å²) in [4.78, 5) is 12.3. The van der Waals surface area contributed by atoms with Crippen LogP contribution in [0.3, 0.4) is 0 Å². The Morgan fingerprint density at radius 1 is 0.857 bits per heavy atom. The topological polar surface area (TPSA) is 55.1 Å². The van der Waals surface area contributed by atoms with Crippen molar-refractivity contribution in [1.29, 1.82) is 0 Å². The summed E-state index contributed by atoms with van der Waals surface area (Å²) < 4.78 is 5.46. The van der Waals surface area contributed by atoms with Crippen molar-refractivity contribution >= 4 is 5.91 Å². The first-order valence-corrected chi connectivity index (χ1v) is 9.16. The molecule has 4 heteroatoms. The van der Waals surface area contributed by atoms with Gasteiger partial charge in [0.15, 0.2) is 5.76 Å². The fourth-order valence-corrected chi connectivity index (χ4v) is 3.08. The Bertz CT molecular complexity index is 1080. The number of hydrogen-bond acceptors (Lipinski definition) is 3. The summed E-state index contributed by atoms with van der Waals surface area (Å²) in [5, 5.41) is 6.96. The number of rotatable bonds is 5. The second-order valence-electron chi connectivity index (χ2n) is 6.62. The van der Waals surface area contributed by atoms with Crippen LogP contribution < -0.4 is 5.32 Å². The lowest BCUT2D eigenvalue weighted by Crippen LogP contribution is -2.23. The van der Waals surface area contributed by atoms with E-state index in [0.717, 1.165) is 16.7 Å². The van der Waals surface area contributed by atoms with Gasteiger partial charge in [-0.2, -0.15) is 0 Å². The number of benzene rings is 3. The molecular formula is C24H20N2O2. The van der Waals surface area contributed by atoms with Crippen LogP contribution in [0.1, 0.15) is 21.6 Å². The number of amides is 1. The molecule has 1 aromatic heterocycles. The molecule has 28 heavy (non-hydrogen) atoms. The van der Waals surface area contributed by atoms with Crippen molar-refractivity contribution in [3.8, 4) is 22.5 Å². The normalized spacial score (nSPS) is 10.6. The molecule has 0 saturated carbocycles. The van der Waals surface area contributed by atoms with Gasteiger partial charge in [0.1, 0.15) is 5.69 Å². The zero-order valence-electron chi connectivity index (χ0n) is 15.6. The largest absolute Gasteiger partial charge is 0.356 e. The van der Waals surface area contributed by atoms with Gasteiger partial charge in [-0.3, -0.25) is 4.79 Å². The highest BCUT2D eigenvalue weighted by atomic mass is 16.5. The summed E-state index contributed by atoms with van der Waals surface area (Å²) in [6, 6.07) is 27.7. The van der Waals surface area contributed by atoms with Crippen LogP contribution in [-0.2, 0) is 6.54 Å². The maximum atomic E-state index is 12.3. The average Bonchev–Trinajstić information content (AvgIpc) is 3.22. The molecule has 0 fully saturated rings. The molecule has 1 N–H and O–H groups in total. The first kappa shape index (κ1) is 17.7. The minimum absolute atomic E-state index is 0.116. The van der Waals surface area contributed by atoms with Gasteiger partial charge in [-0.25, -0.2) is 0 Å². The van der Waals surface area contributed by atoms with E-state index in [1.165, 1.54) is 5.56 Å². The smallest absolute Gasteiger partial charge is 0.251 e. The fourth-order valence-electron chi connectivity index (χ4n) is 3.08. The van der Waals surface area contributed by atoms with Crippen LogP contribution >= 0.6 is 0 Å². The van der Waals surface area contributed by atoms with Crippen molar-refractivity contribution in [2.75, 3.05) is 0 Å². The maximum absolute atomic E-state index is 12.3. The zero-order chi connectivity index (χ0) is 19.3. The molecule has 4 rings (SSSR count). The van der Waals surface area contributed by atoms with Crippen LogP contribution in [0.4, 0.5) is 0 Å². The molecule has 0 aliphatic rings. The first-order chi connectivity index (χ1) is 13.7. The third-order valence-electron chi connectivity index (χ3n) is 4.66. The summed E-state index contributed by atoms with van der Waals surface area (Å²) >= 11 is 0. The minimum atomic E-state index is -0.116. The second-order valence-corrected chi connectivity index (χ2v) is 6.62. The summed E-state index contributed by atoms with van der Waals surface area (Å²) in [6.07, 6.45) is 0. The minimum Gasteiger partial charge on any atom is -0.356 e. The van der Waals surface area contributed by atoms with Crippen LogP contribution in [0.5, 0.6) is 0 Å². The molecule has 0 unspecified atom stereocenters. The third-order valence-corrected chi connectivity index (χ3v) is 4.66. The molecule has 0 atom stereocenters. The van der Waals surface area contributed by atoms with Crippen LogP contribution in [0.15, 0.2) is 89.5 Å². The molecule has 1 heterocycles. The van der Waals surface area contributed by atoms with Gasteiger partial charge in [0.25, 0.3) is 5.91 Å². The van der Waals surface area contributed by atoms with Crippen LogP contribution in [0, 0.1) is 6.92 Å². The zero-order valence-corrected chi connectivity index (χ0v) is 15.6. The van der Waals surface area contributed by atoms with E-state index in [-0.39, 0.29) is 5.91 Å². The molecule has 0 bridgehead atoms. The highest BCUT2D eigenvalue weighted by Gasteiger charge is 2.11. The molecule has 4 nitrogen and oxygen atoms in total. The molecule has 0 aliphatic carbocycles. The first-order valence-electron chi connectivity index (χ1n) is 9.16. The Morgan fingerprint density at radius 2 is 1.50 bits per heavy atom. The molecule has 138 valence electrons. The number of carbonyl (C=O) groups excluding carboxylic acids is 1. The number of nitrogens with one attached hydrogen (secondary N) is 1. The van der Waals surface area contributed by atoms with E-state index in [1.54, 1.807) is 0 Å². The quantitative estimate of drug-likeness (QED) is 0.524. The van der Waals surface area contributed by atoms with Gasteiger partial charge in [-0.15, -0.1) is 0 Å². The van der Waals surface area contributed by atoms with Crippen molar-refractivity contribution < 1.29 is 9.32 Å². The third kappa shape index (κ3) is 3.86. The molecule has 4 aromatic rings. The summed E-state index contributed by atoms with van der Waals surface area (Å²) in [5.74, 6) is 0.564. The van der Waals surface area contributed by atoms with E-state index in [0.29, 0.717) is 23.6 Å². The van der Waals surface area contributed by atoms with Crippen molar-refractivity contribution in [3.05, 3.63) is 102 Å². The molecule has 0 radical (unpaired) electrons. The van der Waals surface area contributed by atoms with E-state index < -0.39 is 0 Å². The van der Waals surface area contributed by atoms with E-state index in [1.807, 2.05) is 67.6 Å². The average molecular weight is 368 g/mol. The lowest BCUT2D eigenvalue weighted by atomic mass is 10.0. The van der Waals surface area contributed by atoms with E-state index in [9.17, 15) is 4.79 Å². The van der Waals surface area contributed by atoms with Gasteiger partial charge in [-0.1, -0.05) is 78.0 Å². The van der Waals surface area contributed by atoms with Gasteiger partial charge < -0.3 is 9.84 Å². The van der Waals surface area contributed by atoms with E-state index in [2.05, 4.69) is 34.7 Å². The standard InChI is InChI=1S/C24H20N2O2/c1-17-7-5-6-10-22(17)24(27)25-16-21-15-23(28-26-21)20-13-11-19(12-14-20)18-8-3-2-4-9-18/h2-15H,16H2,1H3,(H,25,27). The van der Waals surface area contributed by atoms with Crippen LogP contribution in [0.2, 0.25) is 0 Å². The van der Waals surface area contributed by atoms with Crippen LogP contribution in [0.25, 0.3) is 22.5 Å². The van der Waals surface area contributed by atoms with E-state index in [4.69, 9.17) is 4.52 Å². The Hall–Kier alpha value is -3.66. The van der Waals surface area contributed by atoms with E-state index >= 15 is 0 Å². The fraction of sp³-hybridized carbons (Fsp3) is 0.0833.